The van der Waals surface area contributed by atoms with Gasteiger partial charge >= 0.3 is 0 Å². The van der Waals surface area contributed by atoms with E-state index in [1.807, 2.05) is 0 Å². The summed E-state index contributed by atoms with van der Waals surface area (Å²) in [5.74, 6) is -0.961. The van der Waals surface area contributed by atoms with Crippen LogP contribution in [0.25, 0.3) is 17.1 Å². The van der Waals surface area contributed by atoms with Crippen molar-refractivity contribution in [1.82, 2.24) is 30.7 Å². The summed E-state index contributed by atoms with van der Waals surface area (Å²) < 4.78 is 5.67. The number of benzene rings is 2. The lowest BCUT2D eigenvalue weighted by atomic mass is 10.1. The maximum Gasteiger partial charge on any atom is 0.294 e. The van der Waals surface area contributed by atoms with Gasteiger partial charge in [-0.25, -0.2) is 10.1 Å². The highest BCUT2D eigenvalue weighted by Gasteiger charge is 2.26. The molecule has 0 unspecified atom stereocenters. The number of amides is 1. The summed E-state index contributed by atoms with van der Waals surface area (Å²) in [6.45, 7) is 0. The van der Waals surface area contributed by atoms with E-state index >= 15 is 0 Å². The molecule has 33 heavy (non-hydrogen) atoms. The Kier molecular flexibility index (Phi) is 5.97. The summed E-state index contributed by atoms with van der Waals surface area (Å²) in [5.41, 5.74) is 8.37. The molecular weight excluding hydrogens is 477 g/mol. The van der Waals surface area contributed by atoms with Crippen molar-refractivity contribution < 1.29 is 14.3 Å². The van der Waals surface area contributed by atoms with Gasteiger partial charge in [0.05, 0.1) is 21.2 Å². The zero-order valence-electron chi connectivity index (χ0n) is 16.2. The van der Waals surface area contributed by atoms with Crippen molar-refractivity contribution in [2.24, 2.45) is 5.10 Å². The number of carbonyl (C=O) groups is 1. The summed E-state index contributed by atoms with van der Waals surface area (Å²) in [6, 6.07) is 10.4. The summed E-state index contributed by atoms with van der Waals surface area (Å²) >= 11 is 12.1. The minimum absolute atomic E-state index is 0.0505. The molecule has 0 atom stereocenters. The fourth-order valence-electron chi connectivity index (χ4n) is 2.78. The number of nitro groups is 1. The number of hydrogen-bond acceptors (Lipinski definition) is 10. The molecule has 166 valence electrons. The third kappa shape index (κ3) is 4.35. The van der Waals surface area contributed by atoms with Crippen LogP contribution in [-0.4, -0.2) is 42.4 Å². The third-order valence-electron chi connectivity index (χ3n) is 4.26. The molecule has 15 heteroatoms. The molecule has 4 aromatic rings. The molecule has 0 aliphatic rings. The smallest absolute Gasteiger partial charge is 0.294 e. The molecule has 0 saturated carbocycles. The normalized spacial score (nSPS) is 11.1. The number of hydrogen-bond donors (Lipinski definition) is 2. The van der Waals surface area contributed by atoms with Gasteiger partial charge in [0.15, 0.2) is 5.69 Å². The van der Waals surface area contributed by atoms with Gasteiger partial charge in [-0.15, -0.1) is 5.10 Å². The molecule has 3 N–H and O–H groups in total. The fraction of sp³-hybridized carbons (Fsp3) is 0. The number of nitrogen functional groups attached to an aromatic ring is 1. The minimum Gasteiger partial charge on any atom is -0.378 e. The van der Waals surface area contributed by atoms with E-state index in [4.69, 9.17) is 28.9 Å². The van der Waals surface area contributed by atoms with Crippen molar-refractivity contribution in [1.29, 1.82) is 0 Å². The molecule has 0 saturated heterocycles. The number of nitro benzene ring substituents is 1. The first-order valence-corrected chi connectivity index (χ1v) is 9.68. The quantitative estimate of drug-likeness (QED) is 0.234. The second kappa shape index (κ2) is 9.02. The van der Waals surface area contributed by atoms with Crippen LogP contribution < -0.4 is 11.2 Å². The molecule has 13 nitrogen and oxygen atoms in total. The molecule has 0 radical (unpaired) electrons. The van der Waals surface area contributed by atoms with Crippen molar-refractivity contribution >= 4 is 46.8 Å². The summed E-state index contributed by atoms with van der Waals surface area (Å²) in [5, 5.41) is 30.5. The predicted molar refractivity (Wildman–Crippen MR) is 117 cm³/mol. The molecule has 4 rings (SSSR count). The maximum absolute atomic E-state index is 12.8. The Labute approximate surface area is 193 Å². The van der Waals surface area contributed by atoms with E-state index in [2.05, 4.69) is 35.8 Å². The van der Waals surface area contributed by atoms with E-state index < -0.39 is 10.8 Å². The molecule has 2 aromatic carbocycles. The van der Waals surface area contributed by atoms with Gasteiger partial charge in [-0.05, 0) is 16.4 Å². The van der Waals surface area contributed by atoms with Crippen molar-refractivity contribution in [3.8, 4) is 17.1 Å². The largest absolute Gasteiger partial charge is 0.378 e. The molecule has 0 bridgehead atoms. The number of rotatable bonds is 6. The Balaban J connectivity index is 1.73. The topological polar surface area (TPSA) is 180 Å². The molecule has 0 fully saturated rings. The van der Waals surface area contributed by atoms with Gasteiger partial charge in [-0.2, -0.15) is 9.78 Å². The Hall–Kier alpha value is -4.36. The lowest BCUT2D eigenvalue weighted by molar-refractivity contribution is -0.384. The molecule has 2 aromatic heterocycles. The standard InChI is InChI=1S/C18H11Cl2N9O4/c19-12-6-2-4-10(13(12)20)8-22-24-18(30)14-15(9-3-1-5-11(7-9)29(31)32)28(27-23-14)17-16(21)25-33-26-17/h1-8H,(H2,21,25)(H,24,30)/b22-8+. The van der Waals surface area contributed by atoms with Crippen LogP contribution in [0.4, 0.5) is 11.5 Å². The number of nitrogens with one attached hydrogen (secondary N) is 1. The SMILES string of the molecule is Nc1nonc1-n1nnc(C(=O)N/N=C/c2cccc(Cl)c2Cl)c1-c1cccc([N+](=O)[O-])c1. The number of anilines is 1. The molecule has 0 spiro atoms. The summed E-state index contributed by atoms with van der Waals surface area (Å²) in [6.07, 6.45) is 1.29. The van der Waals surface area contributed by atoms with E-state index in [0.717, 1.165) is 4.68 Å². The van der Waals surface area contributed by atoms with Crippen LogP contribution in [0.5, 0.6) is 0 Å². The van der Waals surface area contributed by atoms with Gasteiger partial charge < -0.3 is 5.73 Å². The minimum atomic E-state index is -0.771. The van der Waals surface area contributed by atoms with Gasteiger partial charge in [-0.3, -0.25) is 14.9 Å². The summed E-state index contributed by atoms with van der Waals surface area (Å²) in [7, 11) is 0. The molecule has 1 amide bonds. The number of aromatic nitrogens is 5. The monoisotopic (exact) mass is 487 g/mol. The van der Waals surface area contributed by atoms with E-state index in [0.29, 0.717) is 10.6 Å². The second-order valence-corrected chi connectivity index (χ2v) is 7.11. The Morgan fingerprint density at radius 2 is 2.03 bits per heavy atom. The first-order valence-electron chi connectivity index (χ1n) is 8.93. The lowest BCUT2D eigenvalue weighted by Gasteiger charge is -2.06. The first kappa shape index (κ1) is 21.9. The first-order chi connectivity index (χ1) is 15.9. The van der Waals surface area contributed by atoms with Crippen LogP contribution in [0.2, 0.25) is 10.0 Å². The molecule has 2 heterocycles. The Morgan fingerprint density at radius 3 is 2.76 bits per heavy atom. The Morgan fingerprint density at radius 1 is 1.24 bits per heavy atom. The lowest BCUT2D eigenvalue weighted by Crippen LogP contribution is -2.19. The van der Waals surface area contributed by atoms with E-state index in [1.165, 1.54) is 30.5 Å². The zero-order chi connectivity index (χ0) is 23.5. The molecule has 0 aliphatic carbocycles. The van der Waals surface area contributed by atoms with Crippen LogP contribution in [-0.2, 0) is 0 Å². The zero-order valence-corrected chi connectivity index (χ0v) is 17.7. The van der Waals surface area contributed by atoms with Gasteiger partial charge in [0, 0.05) is 23.3 Å². The van der Waals surface area contributed by atoms with Gasteiger partial charge in [0.1, 0.15) is 5.69 Å². The van der Waals surface area contributed by atoms with Crippen molar-refractivity contribution in [3.63, 3.8) is 0 Å². The third-order valence-corrected chi connectivity index (χ3v) is 5.10. The van der Waals surface area contributed by atoms with E-state index in [9.17, 15) is 14.9 Å². The Bertz CT molecular complexity index is 1400. The average Bonchev–Trinajstić information content (AvgIpc) is 3.42. The van der Waals surface area contributed by atoms with E-state index in [-0.39, 0.29) is 39.3 Å². The highest BCUT2D eigenvalue weighted by atomic mass is 35.5. The number of hydrazone groups is 1. The maximum atomic E-state index is 12.8. The predicted octanol–water partition coefficient (Wildman–Crippen LogP) is 2.88. The van der Waals surface area contributed by atoms with Gasteiger partial charge in [0.25, 0.3) is 11.6 Å². The van der Waals surface area contributed by atoms with Gasteiger partial charge in [-0.1, -0.05) is 52.7 Å². The van der Waals surface area contributed by atoms with Crippen LogP contribution in [0, 0.1) is 10.1 Å². The number of carbonyl (C=O) groups excluding carboxylic acids is 1. The van der Waals surface area contributed by atoms with Crippen LogP contribution in [0.3, 0.4) is 0 Å². The van der Waals surface area contributed by atoms with Crippen molar-refractivity contribution in [2.75, 3.05) is 5.73 Å². The molecular formula is C18H11Cl2N9O4. The van der Waals surface area contributed by atoms with Crippen LogP contribution >= 0.6 is 23.2 Å². The van der Waals surface area contributed by atoms with Crippen LogP contribution in [0.1, 0.15) is 16.1 Å². The van der Waals surface area contributed by atoms with E-state index in [1.54, 1.807) is 18.2 Å². The summed E-state index contributed by atoms with van der Waals surface area (Å²) in [4.78, 5) is 23.5. The van der Waals surface area contributed by atoms with Gasteiger partial charge in [0.2, 0.25) is 11.6 Å². The number of nitrogens with two attached hydrogens (primary N) is 1. The van der Waals surface area contributed by atoms with Crippen molar-refractivity contribution in [2.45, 2.75) is 0 Å². The highest BCUT2D eigenvalue weighted by molar-refractivity contribution is 6.43. The fourth-order valence-corrected chi connectivity index (χ4v) is 3.14. The highest BCUT2D eigenvalue weighted by Crippen LogP contribution is 2.29. The van der Waals surface area contributed by atoms with Crippen molar-refractivity contribution in [3.05, 3.63) is 73.9 Å². The number of non-ortho nitro benzene ring substituents is 1. The van der Waals surface area contributed by atoms with Crippen LogP contribution in [0.15, 0.2) is 52.2 Å². The number of halogens is 2. The average molecular weight is 488 g/mol. The molecule has 0 aliphatic heterocycles. The number of nitrogens with zero attached hydrogens (tertiary/aromatic N) is 7. The second-order valence-electron chi connectivity index (χ2n) is 6.32.